The first-order chi connectivity index (χ1) is 10.3. The second-order valence-electron chi connectivity index (χ2n) is 5.14. The topological polar surface area (TPSA) is 66.9 Å². The fourth-order valence-electron chi connectivity index (χ4n) is 2.44. The first-order valence-electron chi connectivity index (χ1n) is 7.24. The molecule has 0 radical (unpaired) electrons. The SMILES string of the molecule is O=C1NCCCCC1Nc1cncc(-c2ccccc2)n1. The fraction of sp³-hybridized carbons (Fsp3) is 0.312. The van der Waals surface area contributed by atoms with Crippen LogP contribution in [0, 0.1) is 0 Å². The molecule has 1 fully saturated rings. The molecule has 1 amide bonds. The molecule has 2 N–H and O–H groups in total. The maximum atomic E-state index is 12.0. The molecule has 1 saturated heterocycles. The minimum absolute atomic E-state index is 0.0411. The summed E-state index contributed by atoms with van der Waals surface area (Å²) in [4.78, 5) is 20.7. The lowest BCUT2D eigenvalue weighted by molar-refractivity contribution is -0.121. The van der Waals surface area contributed by atoms with E-state index >= 15 is 0 Å². The van der Waals surface area contributed by atoms with Crippen LogP contribution in [0.15, 0.2) is 42.7 Å². The van der Waals surface area contributed by atoms with E-state index in [1.54, 1.807) is 12.4 Å². The highest BCUT2D eigenvalue weighted by atomic mass is 16.2. The molecular weight excluding hydrogens is 264 g/mol. The Kier molecular flexibility index (Phi) is 4.09. The quantitative estimate of drug-likeness (QED) is 0.906. The first kappa shape index (κ1) is 13.5. The number of aromatic nitrogens is 2. The molecule has 0 bridgehead atoms. The molecule has 0 saturated carbocycles. The van der Waals surface area contributed by atoms with Gasteiger partial charge in [0.1, 0.15) is 11.9 Å². The van der Waals surface area contributed by atoms with E-state index in [9.17, 15) is 4.79 Å². The number of carbonyl (C=O) groups is 1. The molecule has 3 rings (SSSR count). The van der Waals surface area contributed by atoms with Gasteiger partial charge in [-0.2, -0.15) is 0 Å². The lowest BCUT2D eigenvalue weighted by Crippen LogP contribution is -2.38. The minimum atomic E-state index is -0.229. The Labute approximate surface area is 123 Å². The average molecular weight is 282 g/mol. The Morgan fingerprint density at radius 3 is 2.86 bits per heavy atom. The molecular formula is C16H18N4O. The van der Waals surface area contributed by atoms with Crippen LogP contribution in [0.5, 0.6) is 0 Å². The Balaban J connectivity index is 1.78. The molecule has 21 heavy (non-hydrogen) atoms. The molecule has 1 aliphatic heterocycles. The number of nitrogens with zero attached hydrogens (tertiary/aromatic N) is 2. The number of benzene rings is 1. The van der Waals surface area contributed by atoms with E-state index in [1.165, 1.54) is 0 Å². The van der Waals surface area contributed by atoms with Crippen LogP contribution in [0.1, 0.15) is 19.3 Å². The van der Waals surface area contributed by atoms with E-state index < -0.39 is 0 Å². The Morgan fingerprint density at radius 2 is 2.00 bits per heavy atom. The number of rotatable bonds is 3. The van der Waals surface area contributed by atoms with Crippen LogP contribution >= 0.6 is 0 Å². The highest BCUT2D eigenvalue weighted by Crippen LogP contribution is 2.18. The predicted octanol–water partition coefficient (Wildman–Crippen LogP) is 2.22. The van der Waals surface area contributed by atoms with Crippen LogP contribution in [0.2, 0.25) is 0 Å². The molecule has 1 atom stereocenters. The Bertz CT molecular complexity index is 615. The van der Waals surface area contributed by atoms with Gasteiger partial charge in [0, 0.05) is 12.1 Å². The van der Waals surface area contributed by atoms with Gasteiger partial charge in [-0.15, -0.1) is 0 Å². The number of anilines is 1. The van der Waals surface area contributed by atoms with Crippen LogP contribution in [0.25, 0.3) is 11.3 Å². The van der Waals surface area contributed by atoms with Gasteiger partial charge in [-0.1, -0.05) is 30.3 Å². The van der Waals surface area contributed by atoms with Crippen molar-refractivity contribution in [1.82, 2.24) is 15.3 Å². The van der Waals surface area contributed by atoms with Gasteiger partial charge < -0.3 is 10.6 Å². The van der Waals surface area contributed by atoms with E-state index in [-0.39, 0.29) is 11.9 Å². The number of carbonyl (C=O) groups excluding carboxylic acids is 1. The zero-order valence-electron chi connectivity index (χ0n) is 11.7. The summed E-state index contributed by atoms with van der Waals surface area (Å²) in [6.07, 6.45) is 6.27. The van der Waals surface area contributed by atoms with Crippen molar-refractivity contribution >= 4 is 11.7 Å². The highest BCUT2D eigenvalue weighted by Gasteiger charge is 2.20. The van der Waals surface area contributed by atoms with Crippen LogP contribution < -0.4 is 10.6 Å². The van der Waals surface area contributed by atoms with E-state index in [0.717, 1.165) is 37.1 Å². The molecule has 2 heterocycles. The van der Waals surface area contributed by atoms with Crippen molar-refractivity contribution < 1.29 is 4.79 Å². The third-order valence-electron chi connectivity index (χ3n) is 3.56. The van der Waals surface area contributed by atoms with Gasteiger partial charge in [0.05, 0.1) is 18.1 Å². The lowest BCUT2D eigenvalue weighted by Gasteiger charge is -2.15. The van der Waals surface area contributed by atoms with Crippen molar-refractivity contribution in [1.29, 1.82) is 0 Å². The smallest absolute Gasteiger partial charge is 0.242 e. The molecule has 5 heteroatoms. The van der Waals surface area contributed by atoms with Crippen LogP contribution in [0.4, 0.5) is 5.82 Å². The summed E-state index contributed by atoms with van der Waals surface area (Å²) in [6, 6.07) is 9.66. The number of hydrogen-bond donors (Lipinski definition) is 2. The number of hydrogen-bond acceptors (Lipinski definition) is 4. The van der Waals surface area contributed by atoms with Crippen molar-refractivity contribution in [3.8, 4) is 11.3 Å². The molecule has 2 aromatic rings. The second kappa shape index (κ2) is 6.35. The van der Waals surface area contributed by atoms with E-state index in [4.69, 9.17) is 0 Å². The third kappa shape index (κ3) is 3.37. The first-order valence-corrected chi connectivity index (χ1v) is 7.24. The fourth-order valence-corrected chi connectivity index (χ4v) is 2.44. The van der Waals surface area contributed by atoms with Gasteiger partial charge >= 0.3 is 0 Å². The van der Waals surface area contributed by atoms with Gasteiger partial charge in [0.15, 0.2) is 0 Å². The summed E-state index contributed by atoms with van der Waals surface area (Å²) < 4.78 is 0. The molecule has 1 aliphatic rings. The largest absolute Gasteiger partial charge is 0.357 e. The van der Waals surface area contributed by atoms with Crippen LogP contribution in [-0.4, -0.2) is 28.5 Å². The molecule has 5 nitrogen and oxygen atoms in total. The van der Waals surface area contributed by atoms with Crippen molar-refractivity contribution in [2.75, 3.05) is 11.9 Å². The van der Waals surface area contributed by atoms with E-state index in [2.05, 4.69) is 20.6 Å². The number of amides is 1. The second-order valence-corrected chi connectivity index (χ2v) is 5.14. The zero-order chi connectivity index (χ0) is 14.5. The van der Waals surface area contributed by atoms with Gasteiger partial charge in [-0.25, -0.2) is 4.98 Å². The van der Waals surface area contributed by atoms with Crippen molar-refractivity contribution in [2.24, 2.45) is 0 Å². The van der Waals surface area contributed by atoms with Gasteiger partial charge in [0.2, 0.25) is 5.91 Å². The van der Waals surface area contributed by atoms with Gasteiger partial charge in [-0.05, 0) is 19.3 Å². The van der Waals surface area contributed by atoms with Crippen molar-refractivity contribution in [3.05, 3.63) is 42.7 Å². The molecule has 0 spiro atoms. The van der Waals surface area contributed by atoms with Gasteiger partial charge in [-0.3, -0.25) is 9.78 Å². The summed E-state index contributed by atoms with van der Waals surface area (Å²) in [5, 5.41) is 6.11. The predicted molar refractivity (Wildman–Crippen MR) is 81.7 cm³/mol. The molecule has 1 unspecified atom stereocenters. The standard InChI is InChI=1S/C16H18N4O/c21-16-13(8-4-5-9-18-16)19-15-11-17-10-14(20-15)12-6-2-1-3-7-12/h1-3,6-7,10-11,13H,4-5,8-9H2,(H,18,21)(H,19,20). The minimum Gasteiger partial charge on any atom is -0.357 e. The van der Waals surface area contributed by atoms with E-state index in [1.807, 2.05) is 30.3 Å². The Hall–Kier alpha value is -2.43. The summed E-state index contributed by atoms with van der Waals surface area (Å²) in [7, 11) is 0. The summed E-state index contributed by atoms with van der Waals surface area (Å²) in [6.45, 7) is 0.757. The third-order valence-corrected chi connectivity index (χ3v) is 3.56. The van der Waals surface area contributed by atoms with Crippen molar-refractivity contribution in [3.63, 3.8) is 0 Å². The molecule has 1 aromatic heterocycles. The summed E-state index contributed by atoms with van der Waals surface area (Å²) in [5.41, 5.74) is 1.81. The maximum Gasteiger partial charge on any atom is 0.242 e. The van der Waals surface area contributed by atoms with E-state index in [0.29, 0.717) is 5.82 Å². The van der Waals surface area contributed by atoms with Crippen LogP contribution in [-0.2, 0) is 4.79 Å². The van der Waals surface area contributed by atoms with Crippen molar-refractivity contribution in [2.45, 2.75) is 25.3 Å². The monoisotopic (exact) mass is 282 g/mol. The zero-order valence-corrected chi connectivity index (χ0v) is 11.7. The molecule has 1 aromatic carbocycles. The Morgan fingerprint density at radius 1 is 1.14 bits per heavy atom. The molecule has 0 aliphatic carbocycles. The number of nitrogens with one attached hydrogen (secondary N) is 2. The van der Waals surface area contributed by atoms with Crippen LogP contribution in [0.3, 0.4) is 0 Å². The normalized spacial score (nSPS) is 18.7. The average Bonchev–Trinajstić information content (AvgIpc) is 2.74. The summed E-state index contributed by atoms with van der Waals surface area (Å²) in [5.74, 6) is 0.679. The van der Waals surface area contributed by atoms with Gasteiger partial charge in [0.25, 0.3) is 0 Å². The highest BCUT2D eigenvalue weighted by molar-refractivity contribution is 5.84. The molecule has 108 valence electrons. The maximum absolute atomic E-state index is 12.0. The summed E-state index contributed by atoms with van der Waals surface area (Å²) >= 11 is 0. The lowest BCUT2D eigenvalue weighted by atomic mass is 10.1.